The summed E-state index contributed by atoms with van der Waals surface area (Å²) in [6.45, 7) is 7.20. The Morgan fingerprint density at radius 1 is 0.722 bits per heavy atom. The summed E-state index contributed by atoms with van der Waals surface area (Å²) in [6, 6.07) is 12.0. The molecule has 0 aliphatic heterocycles. The highest BCUT2D eigenvalue weighted by Crippen LogP contribution is 2.26. The molecule has 0 bridgehead atoms. The minimum absolute atomic E-state index is 0.0452. The van der Waals surface area contributed by atoms with Crippen molar-refractivity contribution in [3.8, 4) is 17.2 Å². The van der Waals surface area contributed by atoms with E-state index < -0.39 is 23.4 Å². The fourth-order valence-electron chi connectivity index (χ4n) is 3.38. The first-order valence-corrected chi connectivity index (χ1v) is 11.3. The predicted octanol–water partition coefficient (Wildman–Crippen LogP) is 6.05. The van der Waals surface area contributed by atoms with Crippen molar-refractivity contribution in [1.29, 1.82) is 0 Å². The molecular weight excluding hydrogens is 470 g/mol. The fourth-order valence-corrected chi connectivity index (χ4v) is 3.38. The number of benzene rings is 3. The van der Waals surface area contributed by atoms with Gasteiger partial charge >= 0.3 is 0 Å². The van der Waals surface area contributed by atoms with Gasteiger partial charge in [0.1, 0.15) is 28.9 Å². The van der Waals surface area contributed by atoms with E-state index in [4.69, 9.17) is 14.2 Å². The number of methoxy groups -OCH3 is 1. The minimum atomic E-state index is -0.624. The highest BCUT2D eigenvalue weighted by Gasteiger charge is 2.18. The summed E-state index contributed by atoms with van der Waals surface area (Å²) in [5.74, 6) is -1.62. The van der Waals surface area contributed by atoms with E-state index >= 15 is 0 Å². The average Bonchev–Trinajstić information content (AvgIpc) is 2.76. The third-order valence-corrected chi connectivity index (χ3v) is 4.71. The first-order valence-electron chi connectivity index (χ1n) is 11.3. The molecule has 190 valence electrons. The highest BCUT2D eigenvalue weighted by atomic mass is 19.1. The van der Waals surface area contributed by atoms with Crippen LogP contribution in [0.5, 0.6) is 17.2 Å². The molecule has 0 fully saturated rings. The lowest BCUT2D eigenvalue weighted by Gasteiger charge is -2.14. The van der Waals surface area contributed by atoms with Gasteiger partial charge < -0.3 is 24.8 Å². The van der Waals surface area contributed by atoms with Crippen molar-refractivity contribution in [3.05, 3.63) is 77.4 Å². The molecule has 7 nitrogen and oxygen atoms in total. The fraction of sp³-hybridized carbons (Fsp3) is 0.259. The van der Waals surface area contributed by atoms with E-state index in [1.807, 2.05) is 0 Å². The van der Waals surface area contributed by atoms with Crippen molar-refractivity contribution >= 4 is 23.2 Å². The summed E-state index contributed by atoms with van der Waals surface area (Å²) in [6.07, 6.45) is -0.360. The quantitative estimate of drug-likeness (QED) is 0.375. The maximum absolute atomic E-state index is 14.0. The molecule has 0 spiro atoms. The van der Waals surface area contributed by atoms with Crippen LogP contribution in [0.4, 0.5) is 20.2 Å². The van der Waals surface area contributed by atoms with Crippen LogP contribution in [0.3, 0.4) is 0 Å². The van der Waals surface area contributed by atoms with E-state index in [-0.39, 0.29) is 52.0 Å². The third-order valence-electron chi connectivity index (χ3n) is 4.71. The van der Waals surface area contributed by atoms with Crippen LogP contribution in [-0.4, -0.2) is 31.1 Å². The topological polar surface area (TPSA) is 85.9 Å². The monoisotopic (exact) mass is 498 g/mol. The zero-order valence-corrected chi connectivity index (χ0v) is 20.6. The number of ether oxygens (including phenoxy) is 3. The highest BCUT2D eigenvalue weighted by molar-refractivity contribution is 6.10. The molecule has 0 aromatic heterocycles. The van der Waals surface area contributed by atoms with Gasteiger partial charge in [0.25, 0.3) is 11.8 Å². The number of anilines is 2. The molecule has 0 heterocycles. The summed E-state index contributed by atoms with van der Waals surface area (Å²) in [5, 5.41) is 5.20. The van der Waals surface area contributed by atoms with Crippen molar-refractivity contribution in [1.82, 2.24) is 0 Å². The Kier molecular flexibility index (Phi) is 8.47. The standard InChI is InChI=1S/C27H28F2N2O5/c1-15(2)35-22-11-18(28)9-20(13-22)30-26(32)17-6-7-25(34-5)24(8-17)27(33)31-21-10-19(29)12-23(14-21)36-16(3)4/h6-16H,1-5H3,(H,30,32)(H,31,33). The molecule has 0 aliphatic carbocycles. The van der Waals surface area contributed by atoms with Crippen LogP contribution >= 0.6 is 0 Å². The third kappa shape index (κ3) is 7.18. The molecule has 2 amide bonds. The number of halogens is 2. The molecule has 0 saturated heterocycles. The first-order chi connectivity index (χ1) is 17.0. The predicted molar refractivity (Wildman–Crippen MR) is 133 cm³/mol. The molecule has 0 aliphatic rings. The molecule has 2 N–H and O–H groups in total. The second kappa shape index (κ2) is 11.5. The molecule has 0 radical (unpaired) electrons. The van der Waals surface area contributed by atoms with E-state index in [0.29, 0.717) is 0 Å². The molecule has 9 heteroatoms. The molecule has 0 unspecified atom stereocenters. The Morgan fingerprint density at radius 2 is 1.22 bits per heavy atom. The van der Waals surface area contributed by atoms with Gasteiger partial charge in [0.2, 0.25) is 0 Å². The van der Waals surface area contributed by atoms with Crippen molar-refractivity contribution in [2.45, 2.75) is 39.9 Å². The maximum Gasteiger partial charge on any atom is 0.259 e. The maximum atomic E-state index is 14.0. The first kappa shape index (κ1) is 26.5. The molecule has 3 rings (SSSR count). The van der Waals surface area contributed by atoms with Crippen molar-refractivity contribution in [2.24, 2.45) is 0 Å². The zero-order chi connectivity index (χ0) is 26.4. The summed E-state index contributed by atoms with van der Waals surface area (Å²) in [4.78, 5) is 25.9. The molecule has 0 atom stereocenters. The van der Waals surface area contributed by atoms with Crippen LogP contribution < -0.4 is 24.8 Å². The summed E-state index contributed by atoms with van der Waals surface area (Å²) < 4.78 is 44.3. The number of carbonyl (C=O) groups is 2. The average molecular weight is 499 g/mol. The van der Waals surface area contributed by atoms with E-state index in [1.54, 1.807) is 27.7 Å². The SMILES string of the molecule is COc1ccc(C(=O)Nc2cc(F)cc(OC(C)C)c2)cc1C(=O)Nc1cc(F)cc(OC(C)C)c1. The smallest absolute Gasteiger partial charge is 0.259 e. The molecule has 36 heavy (non-hydrogen) atoms. The van der Waals surface area contributed by atoms with Crippen LogP contribution in [0.25, 0.3) is 0 Å². The Morgan fingerprint density at radius 3 is 1.69 bits per heavy atom. The van der Waals surface area contributed by atoms with Gasteiger partial charge in [0.15, 0.2) is 0 Å². The number of nitrogens with one attached hydrogen (secondary N) is 2. The lowest BCUT2D eigenvalue weighted by molar-refractivity contribution is 0.102. The number of hydrogen-bond acceptors (Lipinski definition) is 5. The van der Waals surface area contributed by atoms with Crippen molar-refractivity contribution in [2.75, 3.05) is 17.7 Å². The summed E-state index contributed by atoms with van der Waals surface area (Å²) in [7, 11) is 1.38. The lowest BCUT2D eigenvalue weighted by atomic mass is 10.1. The Balaban J connectivity index is 1.84. The summed E-state index contributed by atoms with van der Waals surface area (Å²) in [5.41, 5.74) is 0.531. The lowest BCUT2D eigenvalue weighted by Crippen LogP contribution is -2.17. The molecular formula is C27H28F2N2O5. The van der Waals surface area contributed by atoms with E-state index in [1.165, 1.54) is 49.6 Å². The Hall–Kier alpha value is -4.14. The van der Waals surface area contributed by atoms with Crippen LogP contribution in [0, 0.1) is 11.6 Å². The number of amides is 2. The normalized spacial score (nSPS) is 10.8. The van der Waals surface area contributed by atoms with Gasteiger partial charge in [-0.05, 0) is 58.0 Å². The largest absolute Gasteiger partial charge is 0.496 e. The van der Waals surface area contributed by atoms with Crippen molar-refractivity contribution < 1.29 is 32.6 Å². The number of carbonyl (C=O) groups excluding carboxylic acids is 2. The van der Waals surface area contributed by atoms with Crippen LogP contribution in [0.2, 0.25) is 0 Å². The van der Waals surface area contributed by atoms with E-state index in [9.17, 15) is 18.4 Å². The van der Waals surface area contributed by atoms with Crippen LogP contribution in [0.1, 0.15) is 48.4 Å². The van der Waals surface area contributed by atoms with Crippen LogP contribution in [-0.2, 0) is 0 Å². The number of rotatable bonds is 9. The zero-order valence-electron chi connectivity index (χ0n) is 20.6. The van der Waals surface area contributed by atoms with Gasteiger partial charge in [0.05, 0.1) is 24.9 Å². The van der Waals surface area contributed by atoms with Gasteiger partial charge in [-0.15, -0.1) is 0 Å². The number of hydrogen-bond donors (Lipinski definition) is 2. The molecule has 0 saturated carbocycles. The van der Waals surface area contributed by atoms with Gasteiger partial charge in [-0.25, -0.2) is 8.78 Å². The second-order valence-corrected chi connectivity index (χ2v) is 8.51. The van der Waals surface area contributed by atoms with Gasteiger partial charge in [-0.1, -0.05) is 0 Å². The van der Waals surface area contributed by atoms with E-state index in [0.717, 1.165) is 12.1 Å². The molecule has 3 aromatic rings. The van der Waals surface area contributed by atoms with Crippen LogP contribution in [0.15, 0.2) is 54.6 Å². The van der Waals surface area contributed by atoms with Crippen molar-refractivity contribution in [3.63, 3.8) is 0 Å². The van der Waals surface area contributed by atoms with Gasteiger partial charge in [0, 0.05) is 41.2 Å². The Labute approximate surface area is 208 Å². The summed E-state index contributed by atoms with van der Waals surface area (Å²) >= 11 is 0. The van der Waals surface area contributed by atoms with Gasteiger partial charge in [-0.3, -0.25) is 9.59 Å². The Bertz CT molecular complexity index is 1260. The second-order valence-electron chi connectivity index (χ2n) is 8.51. The minimum Gasteiger partial charge on any atom is -0.496 e. The molecule has 3 aromatic carbocycles. The van der Waals surface area contributed by atoms with Gasteiger partial charge in [-0.2, -0.15) is 0 Å². The van der Waals surface area contributed by atoms with E-state index in [2.05, 4.69) is 10.6 Å².